The molecular formula is C18H28O3Si. The van der Waals surface area contributed by atoms with Crippen LogP contribution in [0.3, 0.4) is 0 Å². The number of carbonyl (C=O) groups excluding carboxylic acids is 1. The third kappa shape index (κ3) is 6.94. The molecule has 0 aliphatic carbocycles. The van der Waals surface area contributed by atoms with Gasteiger partial charge in [0.2, 0.25) is 8.32 Å². The van der Waals surface area contributed by atoms with Crippen molar-refractivity contribution in [2.75, 3.05) is 7.11 Å². The number of methoxy groups -OCH3 is 1. The van der Waals surface area contributed by atoms with Crippen LogP contribution in [-0.4, -0.2) is 21.2 Å². The van der Waals surface area contributed by atoms with E-state index in [9.17, 15) is 4.79 Å². The van der Waals surface area contributed by atoms with Crippen LogP contribution in [0.5, 0.6) is 11.5 Å². The summed E-state index contributed by atoms with van der Waals surface area (Å²) in [6.07, 6.45) is 6.93. The molecule has 0 aliphatic rings. The van der Waals surface area contributed by atoms with Crippen molar-refractivity contribution in [3.05, 3.63) is 35.9 Å². The van der Waals surface area contributed by atoms with Gasteiger partial charge in [0.1, 0.15) is 5.75 Å². The van der Waals surface area contributed by atoms with E-state index in [4.69, 9.17) is 9.16 Å². The van der Waals surface area contributed by atoms with Gasteiger partial charge in [-0.3, -0.25) is 4.79 Å². The maximum absolute atomic E-state index is 11.8. The number of allylic oxidation sites excluding steroid dienone is 2. The van der Waals surface area contributed by atoms with Crippen LogP contribution in [0.2, 0.25) is 19.6 Å². The Balaban J connectivity index is 2.67. The number of benzene rings is 1. The first kappa shape index (κ1) is 18.5. The number of unbranched alkanes of at least 4 members (excludes halogenated alkanes) is 1. The summed E-state index contributed by atoms with van der Waals surface area (Å²) in [6.45, 7) is 8.52. The fourth-order valence-corrected chi connectivity index (χ4v) is 2.84. The van der Waals surface area contributed by atoms with Gasteiger partial charge in [-0.05, 0) is 56.3 Å². The second-order valence-corrected chi connectivity index (χ2v) is 10.8. The molecule has 0 fully saturated rings. The van der Waals surface area contributed by atoms with Gasteiger partial charge in [0.15, 0.2) is 11.5 Å². The zero-order valence-electron chi connectivity index (χ0n) is 14.4. The molecule has 0 spiro atoms. The van der Waals surface area contributed by atoms with Crippen LogP contribution in [0.25, 0.3) is 0 Å². The average molecular weight is 321 g/mol. The van der Waals surface area contributed by atoms with E-state index in [2.05, 4.69) is 26.6 Å². The summed E-state index contributed by atoms with van der Waals surface area (Å²) < 4.78 is 11.4. The van der Waals surface area contributed by atoms with Crippen molar-refractivity contribution in [3.63, 3.8) is 0 Å². The second-order valence-electron chi connectivity index (χ2n) is 6.36. The normalized spacial score (nSPS) is 11.7. The number of carbonyl (C=O) groups is 1. The first-order chi connectivity index (χ1) is 10.4. The highest BCUT2D eigenvalue weighted by molar-refractivity contribution is 6.70. The topological polar surface area (TPSA) is 35.5 Å². The molecule has 22 heavy (non-hydrogen) atoms. The Morgan fingerprint density at radius 1 is 1.23 bits per heavy atom. The first-order valence-electron chi connectivity index (χ1n) is 7.91. The molecular weight excluding hydrogens is 292 g/mol. The monoisotopic (exact) mass is 320 g/mol. The third-order valence-corrected chi connectivity index (χ3v) is 3.90. The van der Waals surface area contributed by atoms with Crippen LogP contribution in [-0.2, 0) is 11.2 Å². The number of hydrogen-bond donors (Lipinski definition) is 0. The van der Waals surface area contributed by atoms with Crippen molar-refractivity contribution in [1.29, 1.82) is 0 Å². The second kappa shape index (κ2) is 8.78. The minimum absolute atomic E-state index is 0.176. The molecule has 0 saturated heterocycles. The largest absolute Gasteiger partial charge is 0.542 e. The Morgan fingerprint density at radius 3 is 2.55 bits per heavy atom. The van der Waals surface area contributed by atoms with Crippen molar-refractivity contribution < 1.29 is 14.0 Å². The summed E-state index contributed by atoms with van der Waals surface area (Å²) in [5.41, 5.74) is 1.09. The summed E-state index contributed by atoms with van der Waals surface area (Å²) >= 11 is 0. The maximum atomic E-state index is 11.8. The molecule has 3 nitrogen and oxygen atoms in total. The van der Waals surface area contributed by atoms with E-state index >= 15 is 0 Å². The molecule has 0 atom stereocenters. The van der Waals surface area contributed by atoms with Crippen molar-refractivity contribution in [2.45, 2.75) is 52.2 Å². The lowest BCUT2D eigenvalue weighted by Crippen LogP contribution is -2.29. The van der Waals surface area contributed by atoms with E-state index in [1.54, 1.807) is 13.2 Å². The first-order valence-corrected chi connectivity index (χ1v) is 11.3. The zero-order chi connectivity index (χ0) is 16.6. The molecule has 0 saturated carbocycles. The summed E-state index contributed by atoms with van der Waals surface area (Å²) in [4.78, 5) is 11.8. The van der Waals surface area contributed by atoms with E-state index in [1.807, 2.05) is 24.3 Å². The summed E-state index contributed by atoms with van der Waals surface area (Å²) in [5, 5.41) is 0. The van der Waals surface area contributed by atoms with Gasteiger partial charge >= 0.3 is 0 Å². The number of aryl methyl sites for hydroxylation is 1. The summed E-state index contributed by atoms with van der Waals surface area (Å²) in [6, 6.07) is 5.93. The summed E-state index contributed by atoms with van der Waals surface area (Å²) in [5.74, 6) is 1.71. The van der Waals surface area contributed by atoms with Gasteiger partial charge in [0.25, 0.3) is 0 Å². The Kier molecular flexibility index (Phi) is 7.39. The van der Waals surface area contributed by atoms with Crippen LogP contribution in [0.4, 0.5) is 0 Å². The number of hydrogen-bond acceptors (Lipinski definition) is 3. The van der Waals surface area contributed by atoms with Crippen molar-refractivity contribution >= 4 is 14.1 Å². The molecule has 4 heteroatoms. The third-order valence-electron chi connectivity index (χ3n) is 3.06. The number of ketones is 1. The predicted octanol–water partition coefficient (Wildman–Crippen LogP) is 4.77. The van der Waals surface area contributed by atoms with Crippen molar-refractivity contribution in [1.82, 2.24) is 0 Å². The highest BCUT2D eigenvalue weighted by Crippen LogP contribution is 2.30. The van der Waals surface area contributed by atoms with Crippen molar-refractivity contribution in [3.8, 4) is 11.5 Å². The van der Waals surface area contributed by atoms with Gasteiger partial charge in [0.05, 0.1) is 7.11 Å². The number of rotatable bonds is 9. The van der Waals surface area contributed by atoms with E-state index in [0.29, 0.717) is 6.42 Å². The van der Waals surface area contributed by atoms with Gasteiger partial charge < -0.3 is 9.16 Å². The highest BCUT2D eigenvalue weighted by atomic mass is 28.4. The lowest BCUT2D eigenvalue weighted by molar-refractivity contribution is -0.114. The molecule has 0 N–H and O–H groups in total. The molecule has 1 aromatic rings. The van der Waals surface area contributed by atoms with E-state index in [-0.39, 0.29) is 5.78 Å². The fourth-order valence-electron chi connectivity index (χ4n) is 2.01. The standard InChI is InChI=1S/C18H28O3Si/c1-6-7-8-9-16(19)12-10-15-11-13-17(18(14-15)20-2)21-22(3,4)5/h8-9,11,13-14H,6-7,10,12H2,1-5H3/b9-8+. The zero-order valence-corrected chi connectivity index (χ0v) is 15.4. The SMILES string of the molecule is CCC/C=C/C(=O)CCc1ccc(O[Si](C)(C)C)c(OC)c1. The van der Waals surface area contributed by atoms with E-state index < -0.39 is 8.32 Å². The lowest BCUT2D eigenvalue weighted by Gasteiger charge is -2.21. The van der Waals surface area contributed by atoms with Gasteiger partial charge in [0, 0.05) is 6.42 Å². The minimum Gasteiger partial charge on any atom is -0.542 e. The molecule has 0 radical (unpaired) electrons. The molecule has 0 heterocycles. The molecule has 1 rings (SSSR count). The Hall–Kier alpha value is -1.55. The van der Waals surface area contributed by atoms with Crippen molar-refractivity contribution in [2.24, 2.45) is 0 Å². The van der Waals surface area contributed by atoms with Crippen LogP contribution in [0, 0.1) is 0 Å². The van der Waals surface area contributed by atoms with E-state index in [1.165, 1.54) is 0 Å². The predicted molar refractivity (Wildman–Crippen MR) is 94.3 cm³/mol. The van der Waals surface area contributed by atoms with Gasteiger partial charge in [-0.15, -0.1) is 0 Å². The Morgan fingerprint density at radius 2 is 1.95 bits per heavy atom. The Bertz CT molecular complexity index is 516. The van der Waals surface area contributed by atoms with Crippen LogP contribution < -0.4 is 9.16 Å². The van der Waals surface area contributed by atoms with Gasteiger partial charge in [-0.25, -0.2) is 0 Å². The van der Waals surface area contributed by atoms with Gasteiger partial charge in [-0.2, -0.15) is 0 Å². The average Bonchev–Trinajstić information content (AvgIpc) is 2.45. The highest BCUT2D eigenvalue weighted by Gasteiger charge is 2.18. The van der Waals surface area contributed by atoms with E-state index in [0.717, 1.165) is 36.3 Å². The molecule has 0 unspecified atom stereocenters. The molecule has 0 bridgehead atoms. The molecule has 0 aromatic heterocycles. The minimum atomic E-state index is -1.66. The van der Waals surface area contributed by atoms with Crippen LogP contribution >= 0.6 is 0 Å². The summed E-state index contributed by atoms with van der Waals surface area (Å²) in [7, 11) is -0.0137. The molecule has 1 aromatic carbocycles. The number of ether oxygens (including phenoxy) is 1. The van der Waals surface area contributed by atoms with Crippen LogP contribution in [0.1, 0.15) is 31.7 Å². The quantitative estimate of drug-likeness (QED) is 0.486. The molecule has 122 valence electrons. The molecule has 0 aliphatic heterocycles. The lowest BCUT2D eigenvalue weighted by atomic mass is 10.1. The Labute approximate surface area is 135 Å². The maximum Gasteiger partial charge on any atom is 0.242 e. The molecule has 0 amide bonds. The smallest absolute Gasteiger partial charge is 0.242 e. The van der Waals surface area contributed by atoms with Gasteiger partial charge in [-0.1, -0.05) is 25.5 Å². The van der Waals surface area contributed by atoms with Crippen LogP contribution in [0.15, 0.2) is 30.4 Å². The fraction of sp³-hybridized carbons (Fsp3) is 0.500.